The molecule has 106 valence electrons. The second kappa shape index (κ2) is 5.49. The Morgan fingerprint density at radius 1 is 1.37 bits per heavy atom. The van der Waals surface area contributed by atoms with Gasteiger partial charge in [0.15, 0.2) is 11.6 Å². The standard InChI is InChI=1S/C16H23FO2/c1-11-7-8-16(18,9-12(11)2)10-13-5-4-6-14(19-3)15(13)17/h4-6,11-12,18H,7-10H2,1-3H3. The summed E-state index contributed by atoms with van der Waals surface area (Å²) in [4.78, 5) is 0. The first kappa shape index (κ1) is 14.3. The van der Waals surface area contributed by atoms with Crippen LogP contribution in [0.15, 0.2) is 18.2 Å². The molecule has 0 saturated heterocycles. The van der Waals surface area contributed by atoms with Crippen molar-refractivity contribution < 1.29 is 14.2 Å². The van der Waals surface area contributed by atoms with Crippen LogP contribution >= 0.6 is 0 Å². The van der Waals surface area contributed by atoms with E-state index in [1.165, 1.54) is 7.11 Å². The number of aliphatic hydroxyl groups is 1. The maximum absolute atomic E-state index is 14.1. The Morgan fingerprint density at radius 2 is 2.11 bits per heavy atom. The molecule has 1 N–H and O–H groups in total. The molecule has 1 aliphatic rings. The van der Waals surface area contributed by atoms with Gasteiger partial charge in [-0.15, -0.1) is 0 Å². The lowest BCUT2D eigenvalue weighted by Crippen LogP contribution is -2.39. The smallest absolute Gasteiger partial charge is 0.168 e. The largest absolute Gasteiger partial charge is 0.494 e. The van der Waals surface area contributed by atoms with Gasteiger partial charge < -0.3 is 9.84 Å². The minimum absolute atomic E-state index is 0.248. The van der Waals surface area contributed by atoms with Crippen molar-refractivity contribution in [2.75, 3.05) is 7.11 Å². The van der Waals surface area contributed by atoms with E-state index in [0.29, 0.717) is 23.8 Å². The lowest BCUT2D eigenvalue weighted by Gasteiger charge is -2.39. The zero-order chi connectivity index (χ0) is 14.0. The molecule has 3 heteroatoms. The third-order valence-electron chi connectivity index (χ3n) is 4.52. The third kappa shape index (κ3) is 3.08. The molecule has 2 nitrogen and oxygen atoms in total. The first-order chi connectivity index (χ1) is 8.95. The molecule has 0 aromatic heterocycles. The molecule has 19 heavy (non-hydrogen) atoms. The summed E-state index contributed by atoms with van der Waals surface area (Å²) in [6.45, 7) is 4.38. The number of hydrogen-bond acceptors (Lipinski definition) is 2. The van der Waals surface area contributed by atoms with Crippen molar-refractivity contribution in [2.45, 2.75) is 45.1 Å². The molecule has 2 rings (SSSR count). The van der Waals surface area contributed by atoms with Gasteiger partial charge in [-0.05, 0) is 42.7 Å². The molecule has 0 heterocycles. The van der Waals surface area contributed by atoms with Gasteiger partial charge in [-0.3, -0.25) is 0 Å². The molecule has 1 saturated carbocycles. The van der Waals surface area contributed by atoms with Gasteiger partial charge in [-0.1, -0.05) is 26.0 Å². The number of ether oxygens (including phenoxy) is 1. The summed E-state index contributed by atoms with van der Waals surface area (Å²) in [5.41, 5.74) is -0.234. The Hall–Kier alpha value is -1.09. The van der Waals surface area contributed by atoms with Gasteiger partial charge >= 0.3 is 0 Å². The van der Waals surface area contributed by atoms with Crippen LogP contribution in [0, 0.1) is 17.7 Å². The summed E-state index contributed by atoms with van der Waals surface area (Å²) < 4.78 is 19.1. The molecule has 3 unspecified atom stereocenters. The molecular weight excluding hydrogens is 243 g/mol. The number of halogens is 1. The maximum Gasteiger partial charge on any atom is 0.168 e. The molecule has 0 bridgehead atoms. The molecule has 3 atom stereocenters. The normalized spacial score (nSPS) is 31.2. The minimum Gasteiger partial charge on any atom is -0.494 e. The molecular formula is C16H23FO2. The van der Waals surface area contributed by atoms with Crippen LogP contribution in [0.1, 0.15) is 38.7 Å². The van der Waals surface area contributed by atoms with Crippen molar-refractivity contribution in [3.8, 4) is 5.75 Å². The molecule has 0 spiro atoms. The van der Waals surface area contributed by atoms with Gasteiger partial charge in [-0.25, -0.2) is 4.39 Å². The van der Waals surface area contributed by atoms with E-state index in [9.17, 15) is 9.50 Å². The van der Waals surface area contributed by atoms with Crippen molar-refractivity contribution in [3.05, 3.63) is 29.6 Å². The van der Waals surface area contributed by atoms with Crippen LogP contribution in [0.4, 0.5) is 4.39 Å². The summed E-state index contributed by atoms with van der Waals surface area (Å²) in [5, 5.41) is 10.7. The van der Waals surface area contributed by atoms with Crippen molar-refractivity contribution in [1.82, 2.24) is 0 Å². The predicted molar refractivity (Wildman–Crippen MR) is 73.8 cm³/mol. The van der Waals surface area contributed by atoms with Gasteiger partial charge in [-0.2, -0.15) is 0 Å². The number of hydrogen-bond donors (Lipinski definition) is 1. The van der Waals surface area contributed by atoms with E-state index >= 15 is 0 Å². The van der Waals surface area contributed by atoms with E-state index < -0.39 is 5.60 Å². The highest BCUT2D eigenvalue weighted by molar-refractivity contribution is 5.32. The predicted octanol–water partition coefficient (Wildman–Crippen LogP) is 3.56. The number of rotatable bonds is 3. The van der Waals surface area contributed by atoms with Crippen molar-refractivity contribution in [2.24, 2.45) is 11.8 Å². The molecule has 1 aromatic rings. The molecule has 1 aromatic carbocycles. The van der Waals surface area contributed by atoms with E-state index in [1.807, 2.05) is 0 Å². The van der Waals surface area contributed by atoms with Gasteiger partial charge in [0.1, 0.15) is 0 Å². The summed E-state index contributed by atoms with van der Waals surface area (Å²) in [6, 6.07) is 5.11. The molecule has 0 amide bonds. The fraction of sp³-hybridized carbons (Fsp3) is 0.625. The lowest BCUT2D eigenvalue weighted by atomic mass is 9.71. The van der Waals surface area contributed by atoms with Gasteiger partial charge in [0.2, 0.25) is 0 Å². The highest BCUT2D eigenvalue weighted by atomic mass is 19.1. The van der Waals surface area contributed by atoms with Crippen LogP contribution in [0.3, 0.4) is 0 Å². The highest BCUT2D eigenvalue weighted by Crippen LogP contribution is 2.38. The lowest BCUT2D eigenvalue weighted by molar-refractivity contribution is -0.0285. The SMILES string of the molecule is COc1cccc(CC2(O)CCC(C)C(C)C2)c1F. The second-order valence-corrected chi connectivity index (χ2v) is 6.03. The van der Waals surface area contributed by atoms with Crippen LogP contribution in [-0.2, 0) is 6.42 Å². The molecule has 0 radical (unpaired) electrons. The van der Waals surface area contributed by atoms with E-state index in [1.54, 1.807) is 18.2 Å². The Bertz CT molecular complexity index is 446. The summed E-state index contributed by atoms with van der Waals surface area (Å²) in [5.74, 6) is 1.02. The molecule has 0 aliphatic heterocycles. The average Bonchev–Trinajstić information content (AvgIpc) is 2.37. The van der Waals surface area contributed by atoms with Gasteiger partial charge in [0, 0.05) is 6.42 Å². The van der Waals surface area contributed by atoms with Crippen molar-refractivity contribution >= 4 is 0 Å². The van der Waals surface area contributed by atoms with Gasteiger partial charge in [0.05, 0.1) is 12.7 Å². The van der Waals surface area contributed by atoms with Crippen molar-refractivity contribution in [3.63, 3.8) is 0 Å². The fourth-order valence-electron chi connectivity index (χ4n) is 3.05. The first-order valence-electron chi connectivity index (χ1n) is 6.99. The first-order valence-corrected chi connectivity index (χ1v) is 6.99. The van der Waals surface area contributed by atoms with E-state index in [2.05, 4.69) is 13.8 Å². The Balaban J connectivity index is 2.17. The number of benzene rings is 1. The summed E-state index contributed by atoms with van der Waals surface area (Å²) in [7, 11) is 1.46. The summed E-state index contributed by atoms with van der Waals surface area (Å²) in [6.07, 6.45) is 2.86. The monoisotopic (exact) mass is 266 g/mol. The van der Waals surface area contributed by atoms with E-state index in [0.717, 1.165) is 19.3 Å². The fourth-order valence-corrected chi connectivity index (χ4v) is 3.05. The van der Waals surface area contributed by atoms with E-state index in [4.69, 9.17) is 4.74 Å². The zero-order valence-corrected chi connectivity index (χ0v) is 11.9. The second-order valence-electron chi connectivity index (χ2n) is 6.03. The zero-order valence-electron chi connectivity index (χ0n) is 11.9. The summed E-state index contributed by atoms with van der Waals surface area (Å²) >= 11 is 0. The topological polar surface area (TPSA) is 29.5 Å². The van der Waals surface area contributed by atoms with Crippen LogP contribution < -0.4 is 4.74 Å². The minimum atomic E-state index is -0.779. The maximum atomic E-state index is 14.1. The van der Waals surface area contributed by atoms with Crippen molar-refractivity contribution in [1.29, 1.82) is 0 Å². The molecule has 1 aliphatic carbocycles. The van der Waals surface area contributed by atoms with Crippen LogP contribution in [0.25, 0.3) is 0 Å². The van der Waals surface area contributed by atoms with E-state index in [-0.39, 0.29) is 11.6 Å². The van der Waals surface area contributed by atoms with Crippen LogP contribution in [-0.4, -0.2) is 17.8 Å². The Morgan fingerprint density at radius 3 is 2.74 bits per heavy atom. The highest BCUT2D eigenvalue weighted by Gasteiger charge is 2.36. The van der Waals surface area contributed by atoms with Crippen LogP contribution in [0.2, 0.25) is 0 Å². The quantitative estimate of drug-likeness (QED) is 0.906. The van der Waals surface area contributed by atoms with Gasteiger partial charge in [0.25, 0.3) is 0 Å². The molecule has 1 fully saturated rings. The Kier molecular flexibility index (Phi) is 4.14. The Labute approximate surface area is 114 Å². The average molecular weight is 266 g/mol. The van der Waals surface area contributed by atoms with Crippen LogP contribution in [0.5, 0.6) is 5.75 Å². The number of methoxy groups -OCH3 is 1. The third-order valence-corrected chi connectivity index (χ3v) is 4.52.